The van der Waals surface area contributed by atoms with Crippen molar-refractivity contribution in [3.8, 4) is 28.3 Å². The molecule has 1 aromatic carbocycles. The van der Waals surface area contributed by atoms with E-state index in [9.17, 15) is 0 Å². The molecule has 0 saturated heterocycles. The van der Waals surface area contributed by atoms with E-state index in [0.717, 1.165) is 33.7 Å². The van der Waals surface area contributed by atoms with Crippen LogP contribution in [-0.2, 0) is 0 Å². The molecule has 0 radical (unpaired) electrons. The molecule has 0 atom stereocenters. The Morgan fingerprint density at radius 1 is 1.09 bits per heavy atom. The van der Waals surface area contributed by atoms with E-state index in [1.54, 1.807) is 19.6 Å². The Balaban J connectivity index is 1.86. The van der Waals surface area contributed by atoms with Crippen molar-refractivity contribution in [3.63, 3.8) is 0 Å². The van der Waals surface area contributed by atoms with Gasteiger partial charge in [0.25, 0.3) is 0 Å². The fourth-order valence-corrected chi connectivity index (χ4v) is 2.42. The lowest BCUT2D eigenvalue weighted by atomic mass is 10.1. The van der Waals surface area contributed by atoms with Gasteiger partial charge in [-0.1, -0.05) is 23.4 Å². The zero-order valence-corrected chi connectivity index (χ0v) is 11.8. The van der Waals surface area contributed by atoms with Crippen molar-refractivity contribution in [3.05, 3.63) is 48.9 Å². The summed E-state index contributed by atoms with van der Waals surface area (Å²) >= 11 is 0. The van der Waals surface area contributed by atoms with Gasteiger partial charge in [-0.3, -0.25) is 5.10 Å². The molecule has 0 spiro atoms. The Bertz CT molecular complexity index is 928. The Kier molecular flexibility index (Phi) is 2.86. The molecule has 0 bridgehead atoms. The van der Waals surface area contributed by atoms with Crippen molar-refractivity contribution in [2.75, 3.05) is 7.11 Å². The molecule has 4 aromatic rings. The average molecular weight is 292 g/mol. The normalized spacial score (nSPS) is 11.0. The van der Waals surface area contributed by atoms with Gasteiger partial charge in [0.15, 0.2) is 5.65 Å². The van der Waals surface area contributed by atoms with E-state index in [4.69, 9.17) is 9.26 Å². The molecular formula is C16H12N4O2. The van der Waals surface area contributed by atoms with Crippen LogP contribution in [0.25, 0.3) is 33.5 Å². The highest BCUT2D eigenvalue weighted by atomic mass is 16.5. The Morgan fingerprint density at radius 2 is 1.95 bits per heavy atom. The largest absolute Gasteiger partial charge is 0.496 e. The van der Waals surface area contributed by atoms with Gasteiger partial charge in [0.05, 0.1) is 24.4 Å². The van der Waals surface area contributed by atoms with E-state index in [1.165, 1.54) is 0 Å². The topological polar surface area (TPSA) is 76.8 Å². The van der Waals surface area contributed by atoms with Crippen molar-refractivity contribution in [1.29, 1.82) is 0 Å². The van der Waals surface area contributed by atoms with Crippen LogP contribution in [0.15, 0.2) is 53.4 Å². The monoisotopic (exact) mass is 292 g/mol. The van der Waals surface area contributed by atoms with Crippen LogP contribution in [0.4, 0.5) is 0 Å². The molecule has 0 saturated carbocycles. The van der Waals surface area contributed by atoms with Crippen molar-refractivity contribution in [2.45, 2.75) is 0 Å². The number of rotatable bonds is 3. The van der Waals surface area contributed by atoms with Crippen LogP contribution < -0.4 is 4.74 Å². The summed E-state index contributed by atoms with van der Waals surface area (Å²) in [7, 11) is 1.64. The molecule has 0 amide bonds. The number of benzene rings is 1. The second kappa shape index (κ2) is 5.00. The lowest BCUT2D eigenvalue weighted by Crippen LogP contribution is -1.90. The Labute approximate surface area is 125 Å². The first kappa shape index (κ1) is 12.6. The first-order valence-electron chi connectivity index (χ1n) is 6.74. The molecule has 0 aliphatic carbocycles. The van der Waals surface area contributed by atoms with E-state index in [2.05, 4.69) is 20.3 Å². The number of fused-ring (bicyclic) bond motifs is 1. The maximum absolute atomic E-state index is 5.42. The number of pyridine rings is 1. The summed E-state index contributed by atoms with van der Waals surface area (Å²) in [5, 5.41) is 11.7. The van der Waals surface area contributed by atoms with Gasteiger partial charge >= 0.3 is 0 Å². The van der Waals surface area contributed by atoms with Gasteiger partial charge in [0.1, 0.15) is 17.7 Å². The minimum Gasteiger partial charge on any atom is -0.496 e. The van der Waals surface area contributed by atoms with Crippen molar-refractivity contribution in [1.82, 2.24) is 20.3 Å². The number of H-pyrrole nitrogens is 1. The van der Waals surface area contributed by atoms with Crippen molar-refractivity contribution in [2.24, 2.45) is 0 Å². The third kappa shape index (κ3) is 2.01. The van der Waals surface area contributed by atoms with Crippen LogP contribution in [-0.4, -0.2) is 27.4 Å². The molecule has 0 aliphatic rings. The van der Waals surface area contributed by atoms with Crippen LogP contribution in [0.2, 0.25) is 0 Å². The lowest BCUT2D eigenvalue weighted by Gasteiger charge is -2.06. The lowest BCUT2D eigenvalue weighted by molar-refractivity contribution is 0.419. The quantitative estimate of drug-likeness (QED) is 0.627. The maximum atomic E-state index is 5.42. The Morgan fingerprint density at radius 3 is 2.73 bits per heavy atom. The summed E-state index contributed by atoms with van der Waals surface area (Å²) in [6.07, 6.45) is 3.26. The number of methoxy groups -OCH3 is 1. The van der Waals surface area contributed by atoms with Gasteiger partial charge in [-0.05, 0) is 6.07 Å². The van der Waals surface area contributed by atoms with Crippen LogP contribution in [0, 0.1) is 0 Å². The summed E-state index contributed by atoms with van der Waals surface area (Å²) in [5.41, 5.74) is 4.23. The second-order valence-electron chi connectivity index (χ2n) is 4.81. The van der Waals surface area contributed by atoms with Gasteiger partial charge in [-0.2, -0.15) is 5.10 Å². The standard InChI is InChI=1S/C16H12N4O2/c1-21-15-8-14(18-16-12(15)9-17-19-16)11-4-2-3-10(7-11)13-5-6-22-20-13/h2-9H,1H3,(H,17,18,19). The minimum atomic E-state index is 0.696. The smallest absolute Gasteiger partial charge is 0.159 e. The van der Waals surface area contributed by atoms with Gasteiger partial charge in [0, 0.05) is 23.3 Å². The molecule has 3 heterocycles. The summed E-state index contributed by atoms with van der Waals surface area (Å²) in [6, 6.07) is 11.7. The summed E-state index contributed by atoms with van der Waals surface area (Å²) < 4.78 is 10.3. The molecule has 6 nitrogen and oxygen atoms in total. The predicted molar refractivity (Wildman–Crippen MR) is 81.4 cm³/mol. The highest BCUT2D eigenvalue weighted by Crippen LogP contribution is 2.30. The van der Waals surface area contributed by atoms with Crippen LogP contribution >= 0.6 is 0 Å². The number of aromatic nitrogens is 4. The second-order valence-corrected chi connectivity index (χ2v) is 4.81. The maximum Gasteiger partial charge on any atom is 0.159 e. The summed E-state index contributed by atoms with van der Waals surface area (Å²) in [6.45, 7) is 0. The summed E-state index contributed by atoms with van der Waals surface area (Å²) in [4.78, 5) is 4.59. The molecule has 108 valence electrons. The number of hydrogen-bond donors (Lipinski definition) is 1. The number of nitrogens with zero attached hydrogens (tertiary/aromatic N) is 3. The van der Waals surface area contributed by atoms with E-state index < -0.39 is 0 Å². The molecule has 4 rings (SSSR count). The number of nitrogens with one attached hydrogen (secondary N) is 1. The average Bonchev–Trinajstić information content (AvgIpc) is 3.25. The van der Waals surface area contributed by atoms with Gasteiger partial charge in [-0.25, -0.2) is 4.98 Å². The van der Waals surface area contributed by atoms with Crippen molar-refractivity contribution < 1.29 is 9.26 Å². The first-order chi connectivity index (χ1) is 10.8. The van der Waals surface area contributed by atoms with Gasteiger partial charge in [0.2, 0.25) is 0 Å². The molecular weight excluding hydrogens is 280 g/mol. The fraction of sp³-hybridized carbons (Fsp3) is 0.0625. The molecule has 6 heteroatoms. The van der Waals surface area contributed by atoms with Crippen LogP contribution in [0.5, 0.6) is 5.75 Å². The van der Waals surface area contributed by atoms with Crippen LogP contribution in [0.3, 0.4) is 0 Å². The number of ether oxygens (including phenoxy) is 1. The minimum absolute atomic E-state index is 0.696. The highest BCUT2D eigenvalue weighted by molar-refractivity contribution is 5.85. The number of hydrogen-bond acceptors (Lipinski definition) is 5. The molecule has 0 unspecified atom stereocenters. The van der Waals surface area contributed by atoms with Gasteiger partial charge in [-0.15, -0.1) is 0 Å². The van der Waals surface area contributed by atoms with Crippen molar-refractivity contribution >= 4 is 11.0 Å². The molecule has 0 fully saturated rings. The van der Waals surface area contributed by atoms with E-state index >= 15 is 0 Å². The molecule has 0 aliphatic heterocycles. The predicted octanol–water partition coefficient (Wildman–Crippen LogP) is 3.29. The Hall–Kier alpha value is -3.15. The van der Waals surface area contributed by atoms with E-state index in [1.807, 2.05) is 36.4 Å². The molecule has 1 N–H and O–H groups in total. The zero-order valence-electron chi connectivity index (χ0n) is 11.8. The third-order valence-electron chi connectivity index (χ3n) is 3.50. The first-order valence-corrected chi connectivity index (χ1v) is 6.74. The van der Waals surface area contributed by atoms with E-state index in [-0.39, 0.29) is 0 Å². The zero-order chi connectivity index (χ0) is 14.9. The molecule has 22 heavy (non-hydrogen) atoms. The van der Waals surface area contributed by atoms with Crippen LogP contribution in [0.1, 0.15) is 0 Å². The van der Waals surface area contributed by atoms with E-state index in [0.29, 0.717) is 5.65 Å². The fourth-order valence-electron chi connectivity index (χ4n) is 2.42. The highest BCUT2D eigenvalue weighted by Gasteiger charge is 2.10. The van der Waals surface area contributed by atoms with Gasteiger partial charge < -0.3 is 9.26 Å². The number of aromatic amines is 1. The summed E-state index contributed by atoms with van der Waals surface area (Å²) in [5.74, 6) is 0.737. The third-order valence-corrected chi connectivity index (χ3v) is 3.50. The molecule has 3 aromatic heterocycles. The SMILES string of the molecule is COc1cc(-c2cccc(-c3ccon3)c2)nc2[nH]ncc12.